The Kier molecular flexibility index (Phi) is 4.34. The Bertz CT molecular complexity index is 342. The van der Waals surface area contributed by atoms with Gasteiger partial charge in [-0.25, -0.2) is 0 Å². The molecule has 5 heteroatoms. The van der Waals surface area contributed by atoms with Gasteiger partial charge in [0.05, 0.1) is 0 Å². The molecule has 0 aliphatic rings. The first-order chi connectivity index (χ1) is 7.58. The van der Waals surface area contributed by atoms with Crippen molar-refractivity contribution in [1.29, 1.82) is 0 Å². The van der Waals surface area contributed by atoms with Gasteiger partial charge in [-0.2, -0.15) is 5.10 Å². The van der Waals surface area contributed by atoms with E-state index >= 15 is 0 Å². The minimum atomic E-state index is -0.00527. The molecule has 0 fully saturated rings. The number of carbonyl (C=O) groups is 1. The van der Waals surface area contributed by atoms with E-state index in [1.54, 1.807) is 11.0 Å². The maximum atomic E-state index is 11.9. The topological polar surface area (TPSA) is 61.0 Å². The lowest BCUT2D eigenvalue weighted by atomic mass is 10.3. The van der Waals surface area contributed by atoms with E-state index in [0.717, 1.165) is 0 Å². The number of amides is 1. The van der Waals surface area contributed by atoms with E-state index in [9.17, 15) is 4.79 Å². The molecule has 1 aromatic heterocycles. The number of aromatic nitrogens is 2. The van der Waals surface area contributed by atoms with Gasteiger partial charge in [-0.3, -0.25) is 9.89 Å². The number of carbonyl (C=O) groups excluding carboxylic acids is 1. The Morgan fingerprint density at radius 1 is 1.50 bits per heavy atom. The fourth-order valence-electron chi connectivity index (χ4n) is 1.48. The highest BCUT2D eigenvalue weighted by molar-refractivity contribution is 5.93. The summed E-state index contributed by atoms with van der Waals surface area (Å²) in [6.45, 7) is 9.40. The van der Waals surface area contributed by atoms with Gasteiger partial charge in [0.25, 0.3) is 5.91 Å². The first kappa shape index (κ1) is 12.5. The van der Waals surface area contributed by atoms with Gasteiger partial charge in [-0.1, -0.05) is 0 Å². The van der Waals surface area contributed by atoms with Crippen molar-refractivity contribution in [2.45, 2.75) is 33.7 Å². The molecule has 1 heterocycles. The molecule has 0 radical (unpaired) electrons. The molecular weight excluding hydrogens is 204 g/mol. The van der Waals surface area contributed by atoms with Crippen LogP contribution in [-0.4, -0.2) is 40.1 Å². The molecule has 0 unspecified atom stereocenters. The molecule has 0 aromatic carbocycles. The number of hydrogen-bond acceptors (Lipinski definition) is 3. The lowest BCUT2D eigenvalue weighted by Gasteiger charge is -2.16. The molecule has 0 atom stereocenters. The van der Waals surface area contributed by atoms with Crippen LogP contribution in [-0.2, 0) is 0 Å². The third-order valence-electron chi connectivity index (χ3n) is 2.30. The Morgan fingerprint density at radius 3 is 2.62 bits per heavy atom. The molecule has 1 rings (SSSR count). The second-order valence-electron chi connectivity index (χ2n) is 3.94. The van der Waals surface area contributed by atoms with Gasteiger partial charge < -0.3 is 10.2 Å². The second kappa shape index (κ2) is 5.53. The van der Waals surface area contributed by atoms with Crippen LogP contribution in [0.2, 0.25) is 0 Å². The molecule has 16 heavy (non-hydrogen) atoms. The molecule has 1 aromatic rings. The van der Waals surface area contributed by atoms with Crippen LogP contribution < -0.4 is 5.32 Å². The normalized spacial score (nSPS) is 10.6. The highest BCUT2D eigenvalue weighted by atomic mass is 16.2. The summed E-state index contributed by atoms with van der Waals surface area (Å²) in [4.78, 5) is 13.7. The number of rotatable bonds is 5. The molecule has 0 saturated carbocycles. The zero-order valence-corrected chi connectivity index (χ0v) is 10.4. The van der Waals surface area contributed by atoms with E-state index in [4.69, 9.17) is 0 Å². The summed E-state index contributed by atoms with van der Waals surface area (Å²) in [6.07, 6.45) is 0. The zero-order valence-electron chi connectivity index (χ0n) is 10.4. The standard InChI is InChI=1S/C11H20N4O/c1-5-15(6-2)11(16)9-7-10(14-13-9)12-8(3)4/h7-8H,5-6H2,1-4H3,(H2,12,13,14). The number of aromatic amines is 1. The summed E-state index contributed by atoms with van der Waals surface area (Å²) in [5.74, 6) is 0.708. The number of nitrogens with one attached hydrogen (secondary N) is 2. The van der Waals surface area contributed by atoms with Crippen LogP contribution in [0.3, 0.4) is 0 Å². The van der Waals surface area contributed by atoms with E-state index in [1.807, 2.05) is 27.7 Å². The van der Waals surface area contributed by atoms with Gasteiger partial charge in [-0.15, -0.1) is 0 Å². The third kappa shape index (κ3) is 2.98. The van der Waals surface area contributed by atoms with Gasteiger partial charge in [0, 0.05) is 25.2 Å². The van der Waals surface area contributed by atoms with Crippen LogP contribution >= 0.6 is 0 Å². The smallest absolute Gasteiger partial charge is 0.271 e. The van der Waals surface area contributed by atoms with E-state index in [0.29, 0.717) is 30.6 Å². The first-order valence-corrected chi connectivity index (χ1v) is 5.69. The minimum absolute atomic E-state index is 0.00527. The SMILES string of the molecule is CCN(CC)C(=O)c1cc(NC(C)C)n[nH]1. The summed E-state index contributed by atoms with van der Waals surface area (Å²) in [5, 5.41) is 9.94. The van der Waals surface area contributed by atoms with E-state index in [-0.39, 0.29) is 5.91 Å². The van der Waals surface area contributed by atoms with E-state index in [2.05, 4.69) is 15.5 Å². The van der Waals surface area contributed by atoms with Crippen molar-refractivity contribution in [2.24, 2.45) is 0 Å². The summed E-state index contributed by atoms with van der Waals surface area (Å²) in [5.41, 5.74) is 0.534. The summed E-state index contributed by atoms with van der Waals surface area (Å²) in [7, 11) is 0. The summed E-state index contributed by atoms with van der Waals surface area (Å²) >= 11 is 0. The Morgan fingerprint density at radius 2 is 2.12 bits per heavy atom. The number of anilines is 1. The van der Waals surface area contributed by atoms with Crippen molar-refractivity contribution in [3.63, 3.8) is 0 Å². The maximum absolute atomic E-state index is 11.9. The molecule has 0 spiro atoms. The van der Waals surface area contributed by atoms with Crippen molar-refractivity contribution < 1.29 is 4.79 Å². The molecule has 90 valence electrons. The molecule has 0 aliphatic heterocycles. The predicted molar refractivity (Wildman–Crippen MR) is 64.6 cm³/mol. The maximum Gasteiger partial charge on any atom is 0.271 e. The molecule has 0 bridgehead atoms. The Balaban J connectivity index is 2.73. The number of nitrogens with zero attached hydrogens (tertiary/aromatic N) is 2. The average molecular weight is 224 g/mol. The molecule has 2 N–H and O–H groups in total. The van der Waals surface area contributed by atoms with Crippen LogP contribution in [0, 0.1) is 0 Å². The molecule has 0 saturated heterocycles. The summed E-state index contributed by atoms with van der Waals surface area (Å²) in [6, 6.07) is 2.06. The Labute approximate surface area is 96.2 Å². The number of H-pyrrole nitrogens is 1. The Hall–Kier alpha value is -1.52. The highest BCUT2D eigenvalue weighted by Gasteiger charge is 2.15. The lowest BCUT2D eigenvalue weighted by molar-refractivity contribution is 0.0767. The predicted octanol–water partition coefficient (Wildman–Crippen LogP) is 1.71. The van der Waals surface area contributed by atoms with Gasteiger partial charge >= 0.3 is 0 Å². The third-order valence-corrected chi connectivity index (χ3v) is 2.30. The quantitative estimate of drug-likeness (QED) is 0.800. The van der Waals surface area contributed by atoms with Crippen molar-refractivity contribution >= 4 is 11.7 Å². The van der Waals surface area contributed by atoms with E-state index in [1.165, 1.54) is 0 Å². The van der Waals surface area contributed by atoms with Gasteiger partial charge in [0.2, 0.25) is 0 Å². The largest absolute Gasteiger partial charge is 0.366 e. The second-order valence-corrected chi connectivity index (χ2v) is 3.94. The molecular formula is C11H20N4O. The minimum Gasteiger partial charge on any atom is -0.366 e. The number of hydrogen-bond donors (Lipinski definition) is 2. The average Bonchev–Trinajstić information content (AvgIpc) is 2.67. The van der Waals surface area contributed by atoms with Crippen molar-refractivity contribution in [3.05, 3.63) is 11.8 Å². The van der Waals surface area contributed by atoms with E-state index < -0.39 is 0 Å². The van der Waals surface area contributed by atoms with Crippen LogP contribution in [0.1, 0.15) is 38.2 Å². The fraction of sp³-hybridized carbons (Fsp3) is 0.636. The van der Waals surface area contributed by atoms with Gasteiger partial charge in [0.1, 0.15) is 11.5 Å². The monoisotopic (exact) mass is 224 g/mol. The molecule has 5 nitrogen and oxygen atoms in total. The van der Waals surface area contributed by atoms with Crippen LogP contribution in [0.25, 0.3) is 0 Å². The fourth-order valence-corrected chi connectivity index (χ4v) is 1.48. The van der Waals surface area contributed by atoms with Gasteiger partial charge in [0.15, 0.2) is 0 Å². The molecule has 1 amide bonds. The van der Waals surface area contributed by atoms with Crippen molar-refractivity contribution in [2.75, 3.05) is 18.4 Å². The zero-order chi connectivity index (χ0) is 12.1. The van der Waals surface area contributed by atoms with Crippen molar-refractivity contribution in [1.82, 2.24) is 15.1 Å². The first-order valence-electron chi connectivity index (χ1n) is 5.69. The van der Waals surface area contributed by atoms with Crippen LogP contribution in [0.5, 0.6) is 0 Å². The lowest BCUT2D eigenvalue weighted by Crippen LogP contribution is -2.30. The van der Waals surface area contributed by atoms with Gasteiger partial charge in [-0.05, 0) is 27.7 Å². The highest BCUT2D eigenvalue weighted by Crippen LogP contribution is 2.09. The molecule has 0 aliphatic carbocycles. The van der Waals surface area contributed by atoms with Crippen LogP contribution in [0.4, 0.5) is 5.82 Å². The van der Waals surface area contributed by atoms with Crippen molar-refractivity contribution in [3.8, 4) is 0 Å². The summed E-state index contributed by atoms with van der Waals surface area (Å²) < 4.78 is 0. The van der Waals surface area contributed by atoms with Crippen LogP contribution in [0.15, 0.2) is 6.07 Å².